The molecule has 0 atom stereocenters. The van der Waals surface area contributed by atoms with E-state index in [9.17, 15) is 4.79 Å². The molecule has 5 nitrogen and oxygen atoms in total. The van der Waals surface area contributed by atoms with Gasteiger partial charge in [-0.1, -0.05) is 55.1 Å². The second-order valence-electron chi connectivity index (χ2n) is 6.98. The van der Waals surface area contributed by atoms with Gasteiger partial charge in [0.2, 0.25) is 0 Å². The average Bonchev–Trinajstić information content (AvgIpc) is 3.06. The van der Waals surface area contributed by atoms with Gasteiger partial charge in [-0.3, -0.25) is 10.1 Å². The fraction of sp³-hybridized carbons (Fsp3) is 0.261. The lowest BCUT2D eigenvalue weighted by Crippen LogP contribution is -2.32. The molecule has 29 heavy (non-hydrogen) atoms. The number of rotatable bonds is 4. The minimum atomic E-state index is -0.136. The fourth-order valence-electron chi connectivity index (χ4n) is 3.70. The van der Waals surface area contributed by atoms with Crippen LogP contribution in [0.1, 0.15) is 41.0 Å². The third-order valence-corrected chi connectivity index (χ3v) is 6.13. The van der Waals surface area contributed by atoms with Crippen molar-refractivity contribution in [2.24, 2.45) is 10.2 Å². The van der Waals surface area contributed by atoms with Crippen molar-refractivity contribution >= 4 is 39.5 Å². The van der Waals surface area contributed by atoms with Crippen LogP contribution in [0, 0.1) is 6.92 Å². The molecule has 0 spiro atoms. The van der Waals surface area contributed by atoms with Crippen molar-refractivity contribution in [1.29, 1.82) is 0 Å². The number of hydrogen-bond acceptors (Lipinski definition) is 4. The molecule has 1 aromatic heterocycles. The van der Waals surface area contributed by atoms with Crippen LogP contribution >= 0.6 is 11.8 Å². The summed E-state index contributed by atoms with van der Waals surface area (Å²) in [6.07, 6.45) is 0.976. The first-order valence-electron chi connectivity index (χ1n) is 9.88. The van der Waals surface area contributed by atoms with Crippen LogP contribution in [0.15, 0.2) is 58.7 Å². The summed E-state index contributed by atoms with van der Waals surface area (Å²) in [6.45, 7) is 6.95. The van der Waals surface area contributed by atoms with Crippen molar-refractivity contribution < 1.29 is 4.79 Å². The molecule has 2 heterocycles. The van der Waals surface area contributed by atoms with Crippen molar-refractivity contribution in [3.63, 3.8) is 0 Å². The number of nitrogens with one attached hydrogen (secondary N) is 1. The number of amides is 1. The summed E-state index contributed by atoms with van der Waals surface area (Å²) >= 11 is 1.50. The van der Waals surface area contributed by atoms with Gasteiger partial charge >= 0.3 is 0 Å². The van der Waals surface area contributed by atoms with E-state index in [4.69, 9.17) is 0 Å². The summed E-state index contributed by atoms with van der Waals surface area (Å²) in [4.78, 5) is 13.1. The van der Waals surface area contributed by atoms with Gasteiger partial charge < -0.3 is 4.57 Å². The lowest BCUT2D eigenvalue weighted by Gasteiger charge is -2.14. The van der Waals surface area contributed by atoms with E-state index >= 15 is 0 Å². The molecular formula is C23H24N4OS. The van der Waals surface area contributed by atoms with Gasteiger partial charge in [-0.05, 0) is 49.1 Å². The van der Waals surface area contributed by atoms with Gasteiger partial charge in [0.25, 0.3) is 5.91 Å². The number of amidine groups is 1. The molecule has 1 N–H and O–H groups in total. The van der Waals surface area contributed by atoms with Crippen LogP contribution in [-0.4, -0.2) is 27.1 Å². The minimum Gasteiger partial charge on any atom is -0.337 e. The van der Waals surface area contributed by atoms with Gasteiger partial charge in [-0.15, -0.1) is 5.10 Å². The molecule has 2 aromatic carbocycles. The number of benzene rings is 2. The monoisotopic (exact) mass is 404 g/mol. The molecule has 148 valence electrons. The van der Waals surface area contributed by atoms with E-state index in [0.717, 1.165) is 40.7 Å². The molecule has 0 saturated heterocycles. The lowest BCUT2D eigenvalue weighted by atomic mass is 10.1. The van der Waals surface area contributed by atoms with Crippen LogP contribution in [0.25, 0.3) is 10.9 Å². The van der Waals surface area contributed by atoms with Crippen LogP contribution in [0.2, 0.25) is 0 Å². The Bertz CT molecular complexity index is 1130. The molecule has 3 aromatic rings. The molecule has 0 unspecified atom stereocenters. The van der Waals surface area contributed by atoms with Crippen LogP contribution in [-0.2, 0) is 13.0 Å². The highest BCUT2D eigenvalue weighted by atomic mass is 32.2. The van der Waals surface area contributed by atoms with E-state index in [-0.39, 0.29) is 5.91 Å². The number of aryl methyl sites for hydroxylation is 3. The van der Waals surface area contributed by atoms with E-state index in [1.807, 2.05) is 37.3 Å². The number of fused-ring (bicyclic) bond motifs is 1. The summed E-state index contributed by atoms with van der Waals surface area (Å²) in [6, 6.07) is 16.4. The summed E-state index contributed by atoms with van der Waals surface area (Å²) in [5.74, 6) is 0.543. The maximum atomic E-state index is 13.1. The van der Waals surface area contributed by atoms with Gasteiger partial charge in [0, 0.05) is 23.2 Å². The van der Waals surface area contributed by atoms with Crippen molar-refractivity contribution in [2.45, 2.75) is 33.7 Å². The Labute approximate surface area is 174 Å². The standard InChI is InChI=1S/C23H24N4OS/c1-4-16-11-12-20-18(13-16)15(3)21(27(20)5-2)22(28)24-23-26-25-19(14-29-23)17-9-7-6-8-10-17/h6-13H,4-5,14H2,1-3H3,(H,24,26,28). The molecular weight excluding hydrogens is 380 g/mol. The summed E-state index contributed by atoms with van der Waals surface area (Å²) in [7, 11) is 0. The summed E-state index contributed by atoms with van der Waals surface area (Å²) in [5, 5.41) is 13.2. The van der Waals surface area contributed by atoms with Crippen molar-refractivity contribution in [2.75, 3.05) is 5.75 Å². The zero-order chi connectivity index (χ0) is 20.4. The van der Waals surface area contributed by atoms with Gasteiger partial charge in [-0.2, -0.15) is 5.10 Å². The second-order valence-corrected chi connectivity index (χ2v) is 7.95. The van der Waals surface area contributed by atoms with Crippen molar-refractivity contribution in [1.82, 2.24) is 9.88 Å². The summed E-state index contributed by atoms with van der Waals surface area (Å²) < 4.78 is 2.08. The van der Waals surface area contributed by atoms with Crippen LogP contribution in [0.5, 0.6) is 0 Å². The highest BCUT2D eigenvalue weighted by Crippen LogP contribution is 2.27. The predicted molar refractivity (Wildman–Crippen MR) is 122 cm³/mol. The molecule has 1 amide bonds. The van der Waals surface area contributed by atoms with Crippen molar-refractivity contribution in [3.05, 3.63) is 70.9 Å². The number of aromatic nitrogens is 1. The molecule has 4 rings (SSSR count). The molecule has 0 aliphatic carbocycles. The highest BCUT2D eigenvalue weighted by Gasteiger charge is 2.22. The van der Waals surface area contributed by atoms with E-state index in [1.54, 1.807) is 0 Å². The normalized spacial score (nSPS) is 13.9. The minimum absolute atomic E-state index is 0.136. The SMILES string of the molecule is CCc1ccc2c(c1)c(C)c(C(=O)NC1=NN=C(c3ccccc3)CS1)n2CC. The first-order chi connectivity index (χ1) is 14.1. The molecule has 0 fully saturated rings. The number of thioether (sulfide) groups is 1. The van der Waals surface area contributed by atoms with E-state index < -0.39 is 0 Å². The third-order valence-electron chi connectivity index (χ3n) is 5.26. The zero-order valence-electron chi connectivity index (χ0n) is 16.9. The van der Waals surface area contributed by atoms with Gasteiger partial charge in [-0.25, -0.2) is 0 Å². The highest BCUT2D eigenvalue weighted by molar-refractivity contribution is 8.14. The Morgan fingerprint density at radius 1 is 1.14 bits per heavy atom. The molecule has 6 heteroatoms. The average molecular weight is 405 g/mol. The zero-order valence-corrected chi connectivity index (χ0v) is 17.7. The Hall–Kier alpha value is -2.86. The Balaban J connectivity index is 1.62. The maximum Gasteiger partial charge on any atom is 0.274 e. The first-order valence-corrected chi connectivity index (χ1v) is 10.9. The molecule has 1 aliphatic rings. The van der Waals surface area contributed by atoms with Crippen LogP contribution in [0.3, 0.4) is 0 Å². The van der Waals surface area contributed by atoms with Gasteiger partial charge in [0.05, 0.1) is 5.71 Å². The number of carbonyl (C=O) groups is 1. The fourth-order valence-corrected chi connectivity index (χ4v) is 4.46. The quantitative estimate of drug-likeness (QED) is 0.681. The van der Waals surface area contributed by atoms with Gasteiger partial charge in [0.1, 0.15) is 5.69 Å². The summed E-state index contributed by atoms with van der Waals surface area (Å²) in [5.41, 5.74) is 6.04. The molecule has 0 saturated carbocycles. The number of nitrogens with zero attached hydrogens (tertiary/aromatic N) is 3. The van der Waals surface area contributed by atoms with E-state index in [0.29, 0.717) is 16.6 Å². The maximum absolute atomic E-state index is 13.1. The van der Waals surface area contributed by atoms with Gasteiger partial charge in [0.15, 0.2) is 5.17 Å². The smallest absolute Gasteiger partial charge is 0.274 e. The molecule has 0 radical (unpaired) electrons. The number of carbonyl (C=O) groups excluding carboxylic acids is 1. The van der Waals surface area contributed by atoms with Crippen molar-refractivity contribution in [3.8, 4) is 0 Å². The third kappa shape index (κ3) is 3.72. The predicted octanol–water partition coefficient (Wildman–Crippen LogP) is 4.77. The first kappa shape index (κ1) is 19.5. The second kappa shape index (κ2) is 8.25. The Kier molecular flexibility index (Phi) is 5.53. The lowest BCUT2D eigenvalue weighted by molar-refractivity contribution is 0.0968. The van der Waals surface area contributed by atoms with Crippen LogP contribution in [0.4, 0.5) is 0 Å². The van der Waals surface area contributed by atoms with E-state index in [2.05, 4.69) is 52.1 Å². The van der Waals surface area contributed by atoms with E-state index in [1.165, 1.54) is 17.3 Å². The largest absolute Gasteiger partial charge is 0.337 e. The van der Waals surface area contributed by atoms with Crippen LogP contribution < -0.4 is 5.32 Å². The molecule has 1 aliphatic heterocycles. The Morgan fingerprint density at radius 2 is 1.93 bits per heavy atom. The Morgan fingerprint density at radius 3 is 2.59 bits per heavy atom. The molecule has 0 bridgehead atoms. The topological polar surface area (TPSA) is 58.8 Å². The number of hydrogen-bond donors (Lipinski definition) is 1.